The second-order valence-electron chi connectivity index (χ2n) is 8.40. The van der Waals surface area contributed by atoms with Crippen LogP contribution in [0, 0.1) is 23.1 Å². The maximum atomic E-state index is 13.3. The van der Waals surface area contributed by atoms with Crippen molar-refractivity contribution >= 4 is 0 Å². The number of nitrogens with zero attached hydrogens (tertiary/aromatic N) is 3. The summed E-state index contributed by atoms with van der Waals surface area (Å²) in [5.74, 6) is 0.541. The molecule has 0 aliphatic carbocycles. The Labute approximate surface area is 174 Å². The summed E-state index contributed by atoms with van der Waals surface area (Å²) in [6.45, 7) is 3.36. The van der Waals surface area contributed by atoms with Crippen LogP contribution in [0.15, 0.2) is 65.5 Å². The van der Waals surface area contributed by atoms with Crippen molar-refractivity contribution < 1.29 is 4.39 Å². The van der Waals surface area contributed by atoms with E-state index in [0.717, 1.165) is 49.4 Å². The Morgan fingerprint density at radius 1 is 1.03 bits per heavy atom. The van der Waals surface area contributed by atoms with Gasteiger partial charge in [0, 0.05) is 43.4 Å². The van der Waals surface area contributed by atoms with Gasteiger partial charge in [-0.25, -0.2) is 4.39 Å². The fourth-order valence-corrected chi connectivity index (χ4v) is 5.00. The van der Waals surface area contributed by atoms with Crippen LogP contribution < -0.4 is 5.56 Å². The number of hydrogen-bond acceptors (Lipinski definition) is 3. The highest BCUT2D eigenvalue weighted by molar-refractivity contribution is 5.64. The van der Waals surface area contributed by atoms with E-state index in [4.69, 9.17) is 5.26 Å². The van der Waals surface area contributed by atoms with E-state index in [1.807, 2.05) is 34.9 Å². The molecule has 1 aromatic heterocycles. The fourth-order valence-electron chi connectivity index (χ4n) is 5.00. The van der Waals surface area contributed by atoms with Gasteiger partial charge in [0.1, 0.15) is 5.82 Å². The van der Waals surface area contributed by atoms with E-state index in [0.29, 0.717) is 23.0 Å². The minimum absolute atomic E-state index is 0.0317. The number of fused-ring (bicyclic) bond motifs is 4. The van der Waals surface area contributed by atoms with Gasteiger partial charge in [0.2, 0.25) is 0 Å². The molecule has 0 saturated carbocycles. The minimum Gasteiger partial charge on any atom is -0.311 e. The molecule has 2 bridgehead atoms. The highest BCUT2D eigenvalue weighted by Crippen LogP contribution is 2.36. The van der Waals surface area contributed by atoms with Crippen LogP contribution in [0.1, 0.15) is 29.2 Å². The zero-order chi connectivity index (χ0) is 20.7. The van der Waals surface area contributed by atoms with Gasteiger partial charge in [0.05, 0.1) is 11.6 Å². The number of piperidine rings is 1. The highest BCUT2D eigenvalue weighted by atomic mass is 19.1. The summed E-state index contributed by atoms with van der Waals surface area (Å²) >= 11 is 0. The Morgan fingerprint density at radius 3 is 2.67 bits per heavy atom. The summed E-state index contributed by atoms with van der Waals surface area (Å²) < 4.78 is 15.1. The monoisotopic (exact) mass is 399 g/mol. The van der Waals surface area contributed by atoms with Crippen LogP contribution in [-0.4, -0.2) is 22.6 Å². The number of halogens is 1. The summed E-state index contributed by atoms with van der Waals surface area (Å²) in [6.07, 6.45) is 1.10. The highest BCUT2D eigenvalue weighted by Gasteiger charge is 2.35. The van der Waals surface area contributed by atoms with Crippen molar-refractivity contribution in [2.75, 3.05) is 13.1 Å². The summed E-state index contributed by atoms with van der Waals surface area (Å²) in [5.41, 5.74) is 4.25. The lowest BCUT2D eigenvalue weighted by Gasteiger charge is -2.43. The smallest absolute Gasteiger partial charge is 0.258 e. The van der Waals surface area contributed by atoms with E-state index in [1.54, 1.807) is 12.1 Å². The lowest BCUT2D eigenvalue weighted by atomic mass is 9.82. The third-order valence-corrected chi connectivity index (χ3v) is 6.30. The van der Waals surface area contributed by atoms with E-state index in [1.165, 1.54) is 12.1 Å². The number of benzene rings is 2. The predicted octanol–water partition coefficient (Wildman–Crippen LogP) is 4.15. The fraction of sp³-hybridized carbons (Fsp3) is 0.280. The van der Waals surface area contributed by atoms with Gasteiger partial charge in [-0.15, -0.1) is 0 Å². The predicted molar refractivity (Wildman–Crippen MR) is 113 cm³/mol. The van der Waals surface area contributed by atoms with Crippen molar-refractivity contribution in [1.29, 1.82) is 5.26 Å². The molecular formula is C25H22FN3O. The summed E-state index contributed by atoms with van der Waals surface area (Å²) in [5, 5.41) is 9.17. The third-order valence-electron chi connectivity index (χ3n) is 6.30. The minimum atomic E-state index is -0.210. The van der Waals surface area contributed by atoms with Gasteiger partial charge in [-0.05, 0) is 59.9 Å². The zero-order valence-corrected chi connectivity index (χ0v) is 16.6. The van der Waals surface area contributed by atoms with Gasteiger partial charge in [-0.1, -0.05) is 24.3 Å². The van der Waals surface area contributed by atoms with Gasteiger partial charge in [0.15, 0.2) is 0 Å². The first-order chi connectivity index (χ1) is 14.6. The molecule has 0 amide bonds. The molecule has 150 valence electrons. The van der Waals surface area contributed by atoms with Crippen molar-refractivity contribution in [3.63, 3.8) is 0 Å². The SMILES string of the molecule is N#Cc1cccc(-c2ccc3n(c2=O)C[C@H]2C[C@@H]3CN(Cc3ccc(F)cc3)C2)c1. The lowest BCUT2D eigenvalue weighted by molar-refractivity contribution is 0.114. The van der Waals surface area contributed by atoms with Gasteiger partial charge in [-0.2, -0.15) is 5.26 Å². The molecule has 2 aliphatic rings. The normalized spacial score (nSPS) is 20.4. The molecule has 4 nitrogen and oxygen atoms in total. The topological polar surface area (TPSA) is 49.0 Å². The van der Waals surface area contributed by atoms with Crippen LogP contribution >= 0.6 is 0 Å². The molecule has 1 saturated heterocycles. The summed E-state index contributed by atoms with van der Waals surface area (Å²) in [7, 11) is 0. The van der Waals surface area contributed by atoms with Crippen LogP contribution in [0.2, 0.25) is 0 Å². The van der Waals surface area contributed by atoms with E-state index in [-0.39, 0.29) is 11.4 Å². The molecule has 5 rings (SSSR count). The quantitative estimate of drug-likeness (QED) is 0.665. The second-order valence-corrected chi connectivity index (χ2v) is 8.40. The zero-order valence-electron chi connectivity index (χ0n) is 16.6. The maximum absolute atomic E-state index is 13.3. The largest absolute Gasteiger partial charge is 0.311 e. The van der Waals surface area contributed by atoms with Crippen LogP contribution in [-0.2, 0) is 13.1 Å². The third kappa shape index (κ3) is 3.44. The number of pyridine rings is 1. The Hall–Kier alpha value is -3.23. The van der Waals surface area contributed by atoms with Crippen molar-refractivity contribution in [3.8, 4) is 17.2 Å². The van der Waals surface area contributed by atoms with E-state index in [2.05, 4.69) is 17.0 Å². The number of aromatic nitrogens is 1. The Bertz CT molecular complexity index is 1190. The van der Waals surface area contributed by atoms with E-state index in [9.17, 15) is 9.18 Å². The molecule has 0 unspecified atom stereocenters. The van der Waals surface area contributed by atoms with E-state index < -0.39 is 0 Å². The van der Waals surface area contributed by atoms with Crippen LogP contribution in [0.4, 0.5) is 4.39 Å². The number of hydrogen-bond donors (Lipinski definition) is 0. The molecule has 0 spiro atoms. The van der Waals surface area contributed by atoms with E-state index >= 15 is 0 Å². The lowest BCUT2D eigenvalue weighted by Crippen LogP contribution is -2.46. The van der Waals surface area contributed by atoms with Gasteiger partial charge < -0.3 is 4.57 Å². The molecule has 3 aromatic rings. The Morgan fingerprint density at radius 2 is 1.87 bits per heavy atom. The van der Waals surface area contributed by atoms with Gasteiger partial charge >= 0.3 is 0 Å². The van der Waals surface area contributed by atoms with Crippen LogP contribution in [0.5, 0.6) is 0 Å². The average molecular weight is 399 g/mol. The van der Waals surface area contributed by atoms with Crippen molar-refractivity contribution in [2.45, 2.75) is 25.4 Å². The number of likely N-dealkylation sites (tertiary alicyclic amines) is 1. The first-order valence-electron chi connectivity index (χ1n) is 10.3. The summed E-state index contributed by atoms with van der Waals surface area (Å²) in [6, 6.07) is 20.1. The van der Waals surface area contributed by atoms with Crippen molar-refractivity contribution in [3.05, 3.63) is 93.7 Å². The Kier molecular flexibility index (Phi) is 4.72. The molecule has 0 N–H and O–H groups in total. The van der Waals surface area contributed by atoms with Gasteiger partial charge in [-0.3, -0.25) is 9.69 Å². The van der Waals surface area contributed by atoms with Crippen molar-refractivity contribution in [1.82, 2.24) is 9.47 Å². The van der Waals surface area contributed by atoms with Crippen molar-refractivity contribution in [2.24, 2.45) is 5.92 Å². The molecule has 1 fully saturated rings. The number of rotatable bonds is 3. The van der Waals surface area contributed by atoms with Crippen LogP contribution in [0.3, 0.4) is 0 Å². The first-order valence-corrected chi connectivity index (χ1v) is 10.3. The molecule has 30 heavy (non-hydrogen) atoms. The number of nitriles is 1. The van der Waals surface area contributed by atoms with Gasteiger partial charge in [0.25, 0.3) is 5.56 Å². The Balaban J connectivity index is 1.43. The maximum Gasteiger partial charge on any atom is 0.258 e. The summed E-state index contributed by atoms with van der Waals surface area (Å²) in [4.78, 5) is 15.7. The molecule has 3 heterocycles. The molecule has 2 aromatic carbocycles. The molecule has 0 radical (unpaired) electrons. The standard InChI is InChI=1S/C25H22FN3O/c26-22-6-4-17(5-7-22)13-28-14-19-11-21(16-28)24-9-8-23(25(30)29(24)15-19)20-3-1-2-18(10-20)12-27/h1-10,19,21H,11,13-16H2/t19-,21+/m0/s1. The first kappa shape index (κ1) is 18.8. The molecule has 2 atom stereocenters. The molecule has 5 heteroatoms. The van der Waals surface area contributed by atoms with Crippen LogP contribution in [0.25, 0.3) is 11.1 Å². The molecule has 2 aliphatic heterocycles. The second kappa shape index (κ2) is 7.55. The molecular weight excluding hydrogens is 377 g/mol. The average Bonchev–Trinajstić information content (AvgIpc) is 2.76.